The third-order valence-electron chi connectivity index (χ3n) is 4.83. The van der Waals surface area contributed by atoms with E-state index in [9.17, 15) is 0 Å². The predicted molar refractivity (Wildman–Crippen MR) is 89.6 cm³/mol. The molecule has 0 spiro atoms. The van der Waals surface area contributed by atoms with Gasteiger partial charge in [0.1, 0.15) is 0 Å². The minimum Gasteiger partial charge on any atom is -0.112 e. The molecule has 0 heteroatoms. The number of aryl methyl sites for hydroxylation is 1. The summed E-state index contributed by atoms with van der Waals surface area (Å²) >= 11 is 0. The standard InChI is InChI=1S/C21H14/c1-13-6-7-16-12-19-18(14-4-2-3-5-14)11-9-15-8-10-17(13)21(16)20(15)19/h2-4,6-11H,12H2,1H3. The van der Waals surface area contributed by atoms with Crippen LogP contribution in [0.1, 0.15) is 22.3 Å². The Bertz CT molecular complexity index is 1040. The van der Waals surface area contributed by atoms with Crippen LogP contribution in [-0.4, -0.2) is 0 Å². The number of rotatable bonds is 1. The highest BCUT2D eigenvalue weighted by Gasteiger charge is 2.21. The SMILES string of the molecule is Cc1ccc2c3c1ccc1ccc(C4=C=CC=C4)c(c13)C2. The number of hydrogen-bond donors (Lipinski definition) is 0. The second-order valence-electron chi connectivity index (χ2n) is 5.98. The van der Waals surface area contributed by atoms with Gasteiger partial charge < -0.3 is 0 Å². The number of allylic oxidation sites excluding steroid dienone is 3. The van der Waals surface area contributed by atoms with Crippen molar-refractivity contribution in [3.63, 3.8) is 0 Å². The van der Waals surface area contributed by atoms with Gasteiger partial charge in [0, 0.05) is 5.57 Å². The van der Waals surface area contributed by atoms with Crippen molar-refractivity contribution >= 4 is 27.1 Å². The van der Waals surface area contributed by atoms with E-state index in [0.717, 1.165) is 6.42 Å². The minimum atomic E-state index is 1.04. The molecule has 0 amide bonds. The summed E-state index contributed by atoms with van der Waals surface area (Å²) in [6.07, 6.45) is 7.27. The van der Waals surface area contributed by atoms with Crippen LogP contribution in [0, 0.1) is 6.92 Å². The molecular weight excluding hydrogens is 252 g/mol. The van der Waals surface area contributed by atoms with Gasteiger partial charge in [0.05, 0.1) is 0 Å². The van der Waals surface area contributed by atoms with E-state index in [1.54, 1.807) is 0 Å². The Balaban J connectivity index is 1.98. The van der Waals surface area contributed by atoms with Crippen LogP contribution in [-0.2, 0) is 6.42 Å². The van der Waals surface area contributed by atoms with E-state index in [-0.39, 0.29) is 0 Å². The van der Waals surface area contributed by atoms with Crippen molar-refractivity contribution in [2.24, 2.45) is 0 Å². The fourth-order valence-electron chi connectivity index (χ4n) is 3.82. The molecule has 0 N–H and O–H groups in total. The van der Waals surface area contributed by atoms with Crippen molar-refractivity contribution < 1.29 is 0 Å². The van der Waals surface area contributed by atoms with Crippen LogP contribution in [0.3, 0.4) is 0 Å². The average Bonchev–Trinajstić information content (AvgIpc) is 3.15. The molecule has 0 radical (unpaired) electrons. The van der Waals surface area contributed by atoms with E-state index in [0.29, 0.717) is 0 Å². The lowest BCUT2D eigenvalue weighted by atomic mass is 9.94. The molecule has 0 fully saturated rings. The molecule has 3 aromatic carbocycles. The van der Waals surface area contributed by atoms with Crippen LogP contribution in [0.4, 0.5) is 0 Å². The Hall–Kier alpha value is -2.56. The zero-order valence-corrected chi connectivity index (χ0v) is 11.9. The smallest absolute Gasteiger partial charge is 0.0240 e. The molecule has 0 saturated carbocycles. The van der Waals surface area contributed by atoms with Crippen LogP contribution in [0.25, 0.3) is 27.1 Å². The first-order valence-corrected chi connectivity index (χ1v) is 7.43. The quantitative estimate of drug-likeness (QED) is 0.323. The van der Waals surface area contributed by atoms with E-state index in [4.69, 9.17) is 0 Å². The van der Waals surface area contributed by atoms with Crippen molar-refractivity contribution in [1.29, 1.82) is 0 Å². The lowest BCUT2D eigenvalue weighted by Gasteiger charge is -2.09. The summed E-state index contributed by atoms with van der Waals surface area (Å²) in [6.45, 7) is 2.21. The summed E-state index contributed by atoms with van der Waals surface area (Å²) < 4.78 is 0. The van der Waals surface area contributed by atoms with Gasteiger partial charge in [-0.25, -0.2) is 0 Å². The Morgan fingerprint density at radius 3 is 2.71 bits per heavy atom. The zero-order valence-electron chi connectivity index (χ0n) is 11.9. The first-order valence-electron chi connectivity index (χ1n) is 7.43. The highest BCUT2D eigenvalue weighted by Crippen LogP contribution is 2.42. The molecule has 3 aromatic rings. The number of benzene rings is 3. The molecular formula is C21H14. The molecule has 0 aliphatic heterocycles. The Morgan fingerprint density at radius 2 is 1.86 bits per heavy atom. The lowest BCUT2D eigenvalue weighted by Crippen LogP contribution is -1.89. The molecule has 21 heavy (non-hydrogen) atoms. The zero-order chi connectivity index (χ0) is 14.0. The van der Waals surface area contributed by atoms with Crippen molar-refractivity contribution in [3.8, 4) is 0 Å². The molecule has 0 unspecified atom stereocenters. The first-order chi connectivity index (χ1) is 10.3. The van der Waals surface area contributed by atoms with Crippen molar-refractivity contribution in [1.82, 2.24) is 0 Å². The molecule has 5 rings (SSSR count). The monoisotopic (exact) mass is 266 g/mol. The van der Waals surface area contributed by atoms with Crippen molar-refractivity contribution in [2.45, 2.75) is 13.3 Å². The number of hydrogen-bond acceptors (Lipinski definition) is 0. The second kappa shape index (κ2) is 3.75. The Morgan fingerprint density at radius 1 is 0.952 bits per heavy atom. The van der Waals surface area contributed by atoms with Gasteiger partial charge in [0.2, 0.25) is 0 Å². The maximum atomic E-state index is 3.36. The lowest BCUT2D eigenvalue weighted by molar-refractivity contribution is 1.26. The average molecular weight is 266 g/mol. The van der Waals surface area contributed by atoms with E-state index in [1.165, 1.54) is 49.4 Å². The highest BCUT2D eigenvalue weighted by molar-refractivity contribution is 6.15. The van der Waals surface area contributed by atoms with E-state index in [2.05, 4.69) is 61.2 Å². The molecule has 0 heterocycles. The van der Waals surface area contributed by atoms with Crippen LogP contribution < -0.4 is 0 Å². The maximum absolute atomic E-state index is 3.36. The Labute approximate surface area is 123 Å². The van der Waals surface area contributed by atoms with Crippen LogP contribution in [0.2, 0.25) is 0 Å². The third-order valence-corrected chi connectivity index (χ3v) is 4.83. The van der Waals surface area contributed by atoms with Crippen LogP contribution in [0.15, 0.2) is 60.4 Å². The fourth-order valence-corrected chi connectivity index (χ4v) is 3.82. The molecule has 2 aliphatic carbocycles. The summed E-state index contributed by atoms with van der Waals surface area (Å²) in [5.74, 6) is 0. The van der Waals surface area contributed by atoms with Crippen molar-refractivity contribution in [2.75, 3.05) is 0 Å². The van der Waals surface area contributed by atoms with Gasteiger partial charge in [-0.3, -0.25) is 0 Å². The van der Waals surface area contributed by atoms with Gasteiger partial charge in [-0.15, -0.1) is 5.73 Å². The molecule has 0 bridgehead atoms. The van der Waals surface area contributed by atoms with E-state index < -0.39 is 0 Å². The highest BCUT2D eigenvalue weighted by atomic mass is 14.2. The molecule has 0 saturated heterocycles. The normalized spacial score (nSPS) is 14.8. The summed E-state index contributed by atoms with van der Waals surface area (Å²) in [7, 11) is 0. The van der Waals surface area contributed by atoms with Crippen LogP contribution >= 0.6 is 0 Å². The van der Waals surface area contributed by atoms with E-state index in [1.807, 2.05) is 6.08 Å². The fraction of sp³-hybridized carbons (Fsp3) is 0.0952. The molecule has 0 atom stereocenters. The van der Waals surface area contributed by atoms with Gasteiger partial charge in [0.15, 0.2) is 0 Å². The largest absolute Gasteiger partial charge is 0.112 e. The Kier molecular flexibility index (Phi) is 1.99. The topological polar surface area (TPSA) is 0 Å². The molecule has 0 nitrogen and oxygen atoms in total. The maximum Gasteiger partial charge on any atom is 0.0240 e. The van der Waals surface area contributed by atoms with Crippen LogP contribution in [0.5, 0.6) is 0 Å². The van der Waals surface area contributed by atoms with Gasteiger partial charge in [-0.1, -0.05) is 42.5 Å². The molecule has 98 valence electrons. The molecule has 0 aromatic heterocycles. The van der Waals surface area contributed by atoms with Gasteiger partial charge in [-0.2, -0.15) is 0 Å². The van der Waals surface area contributed by atoms with Gasteiger partial charge >= 0.3 is 0 Å². The molecule has 2 aliphatic rings. The predicted octanol–water partition coefficient (Wildman–Crippen LogP) is 5.31. The second-order valence-corrected chi connectivity index (χ2v) is 5.98. The summed E-state index contributed by atoms with van der Waals surface area (Å²) in [5.41, 5.74) is 10.2. The minimum absolute atomic E-state index is 1.04. The third kappa shape index (κ3) is 1.35. The van der Waals surface area contributed by atoms with Gasteiger partial charge in [-0.05, 0) is 69.3 Å². The summed E-state index contributed by atoms with van der Waals surface area (Å²) in [6, 6.07) is 13.6. The first kappa shape index (κ1) is 11.1. The summed E-state index contributed by atoms with van der Waals surface area (Å²) in [5, 5.41) is 5.69. The van der Waals surface area contributed by atoms with E-state index >= 15 is 0 Å². The van der Waals surface area contributed by atoms with Crippen molar-refractivity contribution in [3.05, 3.63) is 82.6 Å². The van der Waals surface area contributed by atoms with Gasteiger partial charge in [0.25, 0.3) is 0 Å². The summed E-state index contributed by atoms with van der Waals surface area (Å²) in [4.78, 5) is 0.